The van der Waals surface area contributed by atoms with Crippen LogP contribution in [-0.2, 0) is 19.7 Å². The van der Waals surface area contributed by atoms with Gasteiger partial charge in [-0.2, -0.15) is 0 Å². The van der Waals surface area contributed by atoms with E-state index in [9.17, 15) is 4.79 Å². The fraction of sp³-hybridized carbons (Fsp3) is 0.390. The lowest BCUT2D eigenvalue weighted by atomic mass is 9.68. The number of fused-ring (bicyclic) bond motifs is 3. The standard InChI is InChI=1S/C41H48O5/c1-6-12-30(3)39(42)45-27-26-43-33-21-17-31(18-22-33)41(37-15-10-8-13-35(37)36-14-9-11-16-38(36)41)32-19-23-34(24-20-32)44-28-29-46-40(4,5)25-7-2/h8-11,13-24,30H,6-7,12,25-29H2,1-5H3. The van der Waals surface area contributed by atoms with Gasteiger partial charge in [0.15, 0.2) is 0 Å². The van der Waals surface area contributed by atoms with E-state index in [0.29, 0.717) is 19.8 Å². The van der Waals surface area contributed by atoms with Crippen molar-refractivity contribution in [2.24, 2.45) is 5.92 Å². The van der Waals surface area contributed by atoms with Crippen molar-refractivity contribution in [3.05, 3.63) is 119 Å². The molecule has 5 rings (SSSR count). The minimum atomic E-state index is -0.511. The van der Waals surface area contributed by atoms with Gasteiger partial charge in [-0.15, -0.1) is 0 Å². The molecule has 0 heterocycles. The summed E-state index contributed by atoms with van der Waals surface area (Å²) in [5, 5.41) is 0. The van der Waals surface area contributed by atoms with Crippen LogP contribution in [0.25, 0.3) is 11.1 Å². The van der Waals surface area contributed by atoms with Crippen LogP contribution in [-0.4, -0.2) is 38.0 Å². The molecule has 242 valence electrons. The molecule has 0 saturated carbocycles. The second-order valence-corrected chi connectivity index (χ2v) is 12.8. The van der Waals surface area contributed by atoms with E-state index in [4.69, 9.17) is 18.9 Å². The fourth-order valence-corrected chi connectivity index (χ4v) is 6.77. The van der Waals surface area contributed by atoms with Crippen LogP contribution in [0.15, 0.2) is 97.1 Å². The van der Waals surface area contributed by atoms with Crippen LogP contribution in [0.4, 0.5) is 0 Å². The van der Waals surface area contributed by atoms with E-state index in [1.165, 1.54) is 27.8 Å². The number of ether oxygens (including phenoxy) is 4. The Morgan fingerprint density at radius 2 is 1.17 bits per heavy atom. The molecular weight excluding hydrogens is 572 g/mol. The summed E-state index contributed by atoms with van der Waals surface area (Å²) in [5.41, 5.74) is 6.64. The van der Waals surface area contributed by atoms with Gasteiger partial charge in [0.25, 0.3) is 0 Å². The molecule has 4 aromatic rings. The Bertz CT molecular complexity index is 1530. The Morgan fingerprint density at radius 3 is 1.67 bits per heavy atom. The molecule has 4 aromatic carbocycles. The minimum Gasteiger partial charge on any atom is -0.491 e. The van der Waals surface area contributed by atoms with Gasteiger partial charge >= 0.3 is 5.97 Å². The molecule has 5 heteroatoms. The first-order valence-electron chi connectivity index (χ1n) is 16.8. The van der Waals surface area contributed by atoms with Crippen molar-refractivity contribution in [3.63, 3.8) is 0 Å². The third-order valence-electron chi connectivity index (χ3n) is 8.94. The second-order valence-electron chi connectivity index (χ2n) is 12.8. The van der Waals surface area contributed by atoms with E-state index in [-0.39, 0.29) is 24.1 Å². The van der Waals surface area contributed by atoms with Crippen LogP contribution >= 0.6 is 0 Å². The molecule has 0 spiro atoms. The number of hydrogen-bond donors (Lipinski definition) is 0. The highest BCUT2D eigenvalue weighted by Crippen LogP contribution is 2.56. The largest absolute Gasteiger partial charge is 0.491 e. The van der Waals surface area contributed by atoms with Gasteiger partial charge in [0.1, 0.15) is 31.3 Å². The monoisotopic (exact) mass is 620 g/mol. The summed E-state index contributed by atoms with van der Waals surface area (Å²) < 4.78 is 23.6. The van der Waals surface area contributed by atoms with Gasteiger partial charge in [0, 0.05) is 0 Å². The summed E-state index contributed by atoms with van der Waals surface area (Å²) in [4.78, 5) is 12.2. The lowest BCUT2D eigenvalue weighted by molar-refractivity contribution is -0.148. The molecule has 1 unspecified atom stereocenters. The van der Waals surface area contributed by atoms with Crippen molar-refractivity contribution in [1.82, 2.24) is 0 Å². The highest BCUT2D eigenvalue weighted by molar-refractivity contribution is 5.86. The van der Waals surface area contributed by atoms with Gasteiger partial charge < -0.3 is 18.9 Å². The maximum absolute atomic E-state index is 12.2. The summed E-state index contributed by atoms with van der Waals surface area (Å²) in [5.74, 6) is 1.31. The first-order chi connectivity index (χ1) is 22.3. The zero-order valence-corrected chi connectivity index (χ0v) is 28.0. The van der Waals surface area contributed by atoms with Gasteiger partial charge in [-0.25, -0.2) is 0 Å². The van der Waals surface area contributed by atoms with Crippen molar-refractivity contribution in [2.45, 2.75) is 71.3 Å². The molecule has 1 aliphatic carbocycles. The number of carbonyl (C=O) groups excluding carboxylic acids is 1. The molecule has 5 nitrogen and oxygen atoms in total. The third kappa shape index (κ3) is 7.15. The van der Waals surface area contributed by atoms with Crippen LogP contribution < -0.4 is 9.47 Å². The summed E-state index contributed by atoms with van der Waals surface area (Å²) >= 11 is 0. The predicted octanol–water partition coefficient (Wildman–Crippen LogP) is 9.38. The van der Waals surface area contributed by atoms with Crippen LogP contribution in [0.5, 0.6) is 11.5 Å². The van der Waals surface area contributed by atoms with Gasteiger partial charge in [0.2, 0.25) is 0 Å². The number of carbonyl (C=O) groups is 1. The van der Waals surface area contributed by atoms with Gasteiger partial charge in [-0.1, -0.05) is 106 Å². The van der Waals surface area contributed by atoms with Crippen LogP contribution in [0.2, 0.25) is 0 Å². The molecule has 0 bridgehead atoms. The van der Waals surface area contributed by atoms with Gasteiger partial charge in [0.05, 0.1) is 23.5 Å². The summed E-state index contributed by atoms with van der Waals surface area (Å²) in [6.45, 7) is 12.0. The normalized spacial score (nSPS) is 13.8. The summed E-state index contributed by atoms with van der Waals surface area (Å²) in [6, 6.07) is 34.2. The Morgan fingerprint density at radius 1 is 0.674 bits per heavy atom. The average molecular weight is 621 g/mol. The SMILES string of the molecule is CCCC(C)C(=O)OCCOc1ccc(C2(c3ccc(OCCOC(C)(C)CCC)cc3)c3ccccc3-c3ccccc32)cc1. The number of benzene rings is 4. The molecule has 0 fully saturated rings. The predicted molar refractivity (Wildman–Crippen MR) is 185 cm³/mol. The third-order valence-corrected chi connectivity index (χ3v) is 8.94. The molecule has 1 atom stereocenters. The van der Waals surface area contributed by atoms with Crippen molar-refractivity contribution < 1.29 is 23.7 Å². The van der Waals surface area contributed by atoms with Gasteiger partial charge in [-0.3, -0.25) is 4.79 Å². The molecule has 0 aromatic heterocycles. The Labute approximate surface area is 274 Å². The van der Waals surface area contributed by atoms with E-state index in [1.54, 1.807) is 0 Å². The quantitative estimate of drug-likeness (QED) is 0.0813. The van der Waals surface area contributed by atoms with Crippen LogP contribution in [0, 0.1) is 5.92 Å². The number of rotatable bonds is 16. The van der Waals surface area contributed by atoms with Crippen LogP contribution in [0.1, 0.15) is 82.6 Å². The van der Waals surface area contributed by atoms with Crippen LogP contribution in [0.3, 0.4) is 0 Å². The van der Waals surface area contributed by atoms with Crippen molar-refractivity contribution in [3.8, 4) is 22.6 Å². The summed E-state index contributed by atoms with van der Waals surface area (Å²) in [7, 11) is 0. The van der Waals surface area contributed by atoms with E-state index in [2.05, 4.69) is 113 Å². The Hall–Kier alpha value is -4.09. The number of hydrogen-bond acceptors (Lipinski definition) is 5. The smallest absolute Gasteiger partial charge is 0.308 e. The van der Waals surface area contributed by atoms with E-state index in [0.717, 1.165) is 42.7 Å². The van der Waals surface area contributed by atoms with E-state index >= 15 is 0 Å². The molecule has 0 amide bonds. The first-order valence-corrected chi connectivity index (χ1v) is 16.8. The van der Waals surface area contributed by atoms with E-state index in [1.807, 2.05) is 19.1 Å². The van der Waals surface area contributed by atoms with E-state index < -0.39 is 5.41 Å². The van der Waals surface area contributed by atoms with Gasteiger partial charge in [-0.05, 0) is 84.3 Å². The highest BCUT2D eigenvalue weighted by Gasteiger charge is 2.45. The lowest BCUT2D eigenvalue weighted by Crippen LogP contribution is -2.28. The fourth-order valence-electron chi connectivity index (χ4n) is 6.77. The molecule has 1 aliphatic rings. The zero-order valence-electron chi connectivity index (χ0n) is 28.0. The van der Waals surface area contributed by atoms with Crippen molar-refractivity contribution in [1.29, 1.82) is 0 Å². The topological polar surface area (TPSA) is 54.0 Å². The van der Waals surface area contributed by atoms with Crippen molar-refractivity contribution >= 4 is 5.97 Å². The molecule has 0 radical (unpaired) electrons. The molecule has 46 heavy (non-hydrogen) atoms. The second kappa shape index (κ2) is 15.0. The number of esters is 1. The minimum absolute atomic E-state index is 0.0877. The zero-order chi connectivity index (χ0) is 32.6. The molecule has 0 N–H and O–H groups in total. The Kier molecular flexibility index (Phi) is 10.9. The molecule has 0 aliphatic heterocycles. The average Bonchev–Trinajstić information content (AvgIpc) is 3.37. The Balaban J connectivity index is 1.39. The maximum Gasteiger partial charge on any atom is 0.308 e. The maximum atomic E-state index is 12.2. The molecule has 0 saturated heterocycles. The lowest BCUT2D eigenvalue weighted by Gasteiger charge is -2.34. The highest BCUT2D eigenvalue weighted by atomic mass is 16.6. The molecular formula is C41H48O5. The summed E-state index contributed by atoms with van der Waals surface area (Å²) in [6.07, 6.45) is 3.90. The first kappa shape index (κ1) is 33.3. The van der Waals surface area contributed by atoms with Crippen molar-refractivity contribution in [2.75, 3.05) is 26.4 Å².